The third kappa shape index (κ3) is 4.73. The molecule has 0 amide bonds. The van der Waals surface area contributed by atoms with Crippen molar-refractivity contribution in [3.8, 4) is 0 Å². The molecule has 2 aliphatic rings. The van der Waals surface area contributed by atoms with Gasteiger partial charge in [-0.2, -0.15) is 0 Å². The van der Waals surface area contributed by atoms with Gasteiger partial charge in [0.1, 0.15) is 18.3 Å². The van der Waals surface area contributed by atoms with Crippen molar-refractivity contribution in [2.24, 2.45) is 0 Å². The molecule has 1 aromatic rings. The molecule has 0 bridgehead atoms. The number of aromatic amines is 1. The largest absolute Gasteiger partial charge is 0.407 e. The second-order valence-electron chi connectivity index (χ2n) is 13.1. The van der Waals surface area contributed by atoms with Crippen LogP contribution in [0.1, 0.15) is 68.5 Å². The summed E-state index contributed by atoms with van der Waals surface area (Å²) >= 11 is 3.25. The van der Waals surface area contributed by atoms with Crippen LogP contribution in [-0.2, 0) is 18.0 Å². The first-order valence-electron chi connectivity index (χ1n) is 11.9. The highest BCUT2D eigenvalue weighted by atomic mass is 79.9. The van der Waals surface area contributed by atoms with Crippen molar-refractivity contribution >= 4 is 32.8 Å². The number of nitrogens with one attached hydrogen (secondary N) is 1. The highest BCUT2D eigenvalue weighted by Crippen LogP contribution is 2.56. The van der Waals surface area contributed by atoms with Crippen molar-refractivity contribution < 1.29 is 18.0 Å². The van der Waals surface area contributed by atoms with Crippen molar-refractivity contribution in [3.63, 3.8) is 0 Å². The molecule has 2 aliphatic heterocycles. The molecule has 34 heavy (non-hydrogen) atoms. The minimum absolute atomic E-state index is 0.0556. The molecule has 0 radical (unpaired) electrons. The summed E-state index contributed by atoms with van der Waals surface area (Å²) in [7, 11) is -5.08. The fourth-order valence-corrected chi connectivity index (χ4v) is 11.4. The number of ether oxygens (including phenoxy) is 1. The van der Waals surface area contributed by atoms with Gasteiger partial charge < -0.3 is 18.0 Å². The van der Waals surface area contributed by atoms with Crippen LogP contribution in [-0.4, -0.2) is 51.3 Å². The fourth-order valence-electron chi connectivity index (χ4n) is 4.84. The van der Waals surface area contributed by atoms with Crippen molar-refractivity contribution in [2.45, 2.75) is 115 Å². The van der Waals surface area contributed by atoms with E-state index in [-0.39, 0.29) is 25.7 Å². The SMILES string of the molecule is CC(C)(C)[Si](C)(C)O[C@@H]1C2O[Si](C(C)(C)C)(C(C)(C)C)OC[C@H]2O[C@H]1n1cc(Br)c(=O)[nH]c1=O. The molecule has 1 N–H and O–H groups in total. The molecule has 0 saturated carbocycles. The predicted molar refractivity (Wildman–Crippen MR) is 141 cm³/mol. The lowest BCUT2D eigenvalue weighted by atomic mass is 10.1. The van der Waals surface area contributed by atoms with Crippen LogP contribution in [0.25, 0.3) is 0 Å². The second kappa shape index (κ2) is 8.77. The van der Waals surface area contributed by atoms with Crippen molar-refractivity contribution in [3.05, 3.63) is 31.5 Å². The van der Waals surface area contributed by atoms with Crippen LogP contribution in [0.2, 0.25) is 28.2 Å². The van der Waals surface area contributed by atoms with Gasteiger partial charge in [-0.3, -0.25) is 14.3 Å². The molecule has 2 saturated heterocycles. The van der Waals surface area contributed by atoms with E-state index >= 15 is 0 Å². The van der Waals surface area contributed by atoms with Crippen LogP contribution >= 0.6 is 15.9 Å². The molecule has 3 rings (SSSR count). The van der Waals surface area contributed by atoms with Gasteiger partial charge in [0, 0.05) is 16.3 Å². The lowest BCUT2D eigenvalue weighted by Gasteiger charge is -2.54. The molecule has 1 aromatic heterocycles. The van der Waals surface area contributed by atoms with Crippen molar-refractivity contribution in [1.82, 2.24) is 9.55 Å². The van der Waals surface area contributed by atoms with Gasteiger partial charge in [0.05, 0.1) is 11.1 Å². The number of aromatic nitrogens is 2. The van der Waals surface area contributed by atoms with Crippen LogP contribution in [0.3, 0.4) is 0 Å². The number of hydrogen-bond donors (Lipinski definition) is 1. The summed E-state index contributed by atoms with van der Waals surface area (Å²) < 4.78 is 28.6. The lowest BCUT2D eigenvalue weighted by Crippen LogP contribution is -2.66. The summed E-state index contributed by atoms with van der Waals surface area (Å²) in [4.78, 5) is 27.2. The lowest BCUT2D eigenvalue weighted by molar-refractivity contribution is -0.0809. The Bertz CT molecular complexity index is 1020. The topological polar surface area (TPSA) is 91.8 Å². The number of hydrogen-bond acceptors (Lipinski definition) is 6. The predicted octanol–water partition coefficient (Wildman–Crippen LogP) is 5.04. The summed E-state index contributed by atoms with van der Waals surface area (Å²) in [5.74, 6) is 0. The summed E-state index contributed by atoms with van der Waals surface area (Å²) in [6, 6.07) is 0. The van der Waals surface area contributed by atoms with E-state index in [9.17, 15) is 9.59 Å². The Hall–Kier alpha value is -0.566. The van der Waals surface area contributed by atoms with E-state index in [1.165, 1.54) is 10.8 Å². The summed E-state index contributed by atoms with van der Waals surface area (Å²) in [5.41, 5.74) is -1.03. The highest BCUT2D eigenvalue weighted by Gasteiger charge is 2.65. The minimum atomic E-state index is -2.80. The van der Waals surface area contributed by atoms with Crippen LogP contribution in [0.5, 0.6) is 0 Å². The van der Waals surface area contributed by atoms with Crippen LogP contribution in [0.15, 0.2) is 20.3 Å². The molecule has 0 aliphatic carbocycles. The molecule has 2 fully saturated rings. The van der Waals surface area contributed by atoms with E-state index < -0.39 is 46.6 Å². The molecule has 11 heteroatoms. The Morgan fingerprint density at radius 2 is 1.65 bits per heavy atom. The molecular weight excluding hydrogens is 536 g/mol. The number of H-pyrrole nitrogens is 1. The summed E-state index contributed by atoms with van der Waals surface area (Å²) in [5, 5.41) is -0.457. The van der Waals surface area contributed by atoms with Gasteiger partial charge in [-0.25, -0.2) is 4.79 Å². The maximum absolute atomic E-state index is 12.8. The first-order valence-corrected chi connectivity index (χ1v) is 17.4. The Kier molecular flexibility index (Phi) is 7.23. The zero-order chi connectivity index (χ0) is 26.1. The van der Waals surface area contributed by atoms with Gasteiger partial charge in [0.15, 0.2) is 14.5 Å². The van der Waals surface area contributed by atoms with E-state index in [1.807, 2.05) is 0 Å². The molecule has 0 spiro atoms. The smallest absolute Gasteiger partial charge is 0.349 e. The molecule has 194 valence electrons. The number of halogens is 1. The molecule has 0 aromatic carbocycles. The second-order valence-corrected chi connectivity index (χ2v) is 23.4. The molecule has 8 nitrogen and oxygen atoms in total. The maximum Gasteiger partial charge on any atom is 0.349 e. The van der Waals surface area contributed by atoms with Crippen LogP contribution in [0.4, 0.5) is 0 Å². The highest BCUT2D eigenvalue weighted by molar-refractivity contribution is 9.10. The van der Waals surface area contributed by atoms with E-state index in [2.05, 4.69) is 96.3 Å². The third-order valence-electron chi connectivity index (χ3n) is 7.45. The van der Waals surface area contributed by atoms with E-state index in [0.717, 1.165) is 0 Å². The Morgan fingerprint density at radius 3 is 2.15 bits per heavy atom. The third-order valence-corrected chi connectivity index (χ3v) is 17.6. The molecular formula is C23H41BrN2O6Si2. The summed E-state index contributed by atoms with van der Waals surface area (Å²) in [6.07, 6.45) is -0.581. The standard InChI is InChI=1S/C23H41BrN2O6Si2/c1-21(2,3)33(10,11)31-17-16-15(13-29-34(32-16,22(4,5)6)23(7,8)9)30-19(17)26-12-14(24)18(27)25-20(26)28/h12,15-17,19H,13H2,1-11H3,(H,25,27,28)/t15-,16?,17-,19-/m1/s1. The Balaban J connectivity index is 2.14. The summed E-state index contributed by atoms with van der Waals surface area (Å²) in [6.45, 7) is 24.3. The fraction of sp³-hybridized carbons (Fsp3) is 0.826. The van der Waals surface area contributed by atoms with Gasteiger partial charge in [-0.1, -0.05) is 62.3 Å². The Morgan fingerprint density at radius 1 is 1.09 bits per heavy atom. The average molecular weight is 578 g/mol. The van der Waals surface area contributed by atoms with Crippen molar-refractivity contribution in [2.75, 3.05) is 6.61 Å². The number of rotatable bonds is 3. The van der Waals surface area contributed by atoms with Gasteiger partial charge >= 0.3 is 14.3 Å². The number of nitrogens with zero attached hydrogens (tertiary/aromatic N) is 1. The van der Waals surface area contributed by atoms with Crippen LogP contribution in [0, 0.1) is 0 Å². The quantitative estimate of drug-likeness (QED) is 0.506. The zero-order valence-corrected chi connectivity index (χ0v) is 26.0. The normalized spacial score (nSPS) is 28.1. The molecule has 3 heterocycles. The van der Waals surface area contributed by atoms with Crippen molar-refractivity contribution in [1.29, 1.82) is 0 Å². The molecule has 4 atom stereocenters. The zero-order valence-electron chi connectivity index (χ0n) is 22.4. The minimum Gasteiger partial charge on any atom is -0.407 e. The Labute approximate surface area is 213 Å². The van der Waals surface area contributed by atoms with E-state index in [4.69, 9.17) is 18.0 Å². The maximum atomic E-state index is 12.8. The van der Waals surface area contributed by atoms with Crippen LogP contribution < -0.4 is 11.2 Å². The van der Waals surface area contributed by atoms with Gasteiger partial charge in [-0.15, -0.1) is 0 Å². The molecule has 1 unspecified atom stereocenters. The van der Waals surface area contributed by atoms with E-state index in [0.29, 0.717) is 6.61 Å². The van der Waals surface area contributed by atoms with Gasteiger partial charge in [0.25, 0.3) is 5.56 Å². The first-order chi connectivity index (χ1) is 15.2. The van der Waals surface area contributed by atoms with Gasteiger partial charge in [-0.05, 0) is 34.1 Å². The van der Waals surface area contributed by atoms with Gasteiger partial charge in [0.2, 0.25) is 0 Å². The monoisotopic (exact) mass is 576 g/mol. The average Bonchev–Trinajstić information content (AvgIpc) is 2.98. The van der Waals surface area contributed by atoms with E-state index in [1.54, 1.807) is 0 Å². The number of fused-ring (bicyclic) bond motifs is 1. The first kappa shape index (κ1) is 28.0.